The number of ether oxygens (including phenoxy) is 1. The van der Waals surface area contributed by atoms with Crippen LogP contribution in [-0.4, -0.2) is 68.9 Å². The van der Waals surface area contributed by atoms with E-state index in [-0.39, 0.29) is 6.54 Å². The molecule has 0 bridgehead atoms. The molecular weight excluding hydrogens is 542 g/mol. The molecule has 0 aromatic carbocycles. The predicted molar refractivity (Wildman–Crippen MR) is 136 cm³/mol. The Hall–Kier alpha value is -2.48. The maximum Gasteiger partial charge on any atom is 0.337 e. The second-order valence-electron chi connectivity index (χ2n) is 7.62. The molecule has 0 saturated carbocycles. The van der Waals surface area contributed by atoms with Crippen LogP contribution in [-0.2, 0) is 20.1 Å². The molecule has 3 aromatic heterocycles. The Labute approximate surface area is 219 Å². The maximum atomic E-state index is 13.2. The van der Waals surface area contributed by atoms with Crippen molar-refractivity contribution in [2.24, 2.45) is 0 Å². The van der Waals surface area contributed by atoms with E-state index in [1.54, 1.807) is 36.8 Å². The summed E-state index contributed by atoms with van der Waals surface area (Å²) in [6.07, 6.45) is 0.330. The highest BCUT2D eigenvalue weighted by atomic mass is 31.2. The molecule has 4 heterocycles. The van der Waals surface area contributed by atoms with Gasteiger partial charge in [-0.3, -0.25) is 23.9 Å². The first-order valence-electron chi connectivity index (χ1n) is 11.4. The summed E-state index contributed by atoms with van der Waals surface area (Å²) in [6, 6.07) is 8.24. The highest BCUT2D eigenvalue weighted by molar-refractivity contribution is 7.54. The average Bonchev–Trinajstić information content (AvgIpc) is 3.20. The molecule has 1 aliphatic heterocycles. The molecule has 1 saturated heterocycles. The van der Waals surface area contributed by atoms with E-state index in [1.807, 2.05) is 19.9 Å². The summed E-state index contributed by atoms with van der Waals surface area (Å²) in [6.45, 7) is 3.35. The van der Waals surface area contributed by atoms with Crippen LogP contribution < -0.4 is 11.2 Å². The van der Waals surface area contributed by atoms with Crippen LogP contribution in [0.4, 0.5) is 0 Å². The van der Waals surface area contributed by atoms with Gasteiger partial charge in [0.05, 0.1) is 18.8 Å². The number of pyridine rings is 2. The van der Waals surface area contributed by atoms with Crippen LogP contribution in [0.3, 0.4) is 0 Å². The first kappa shape index (κ1) is 30.1. The average molecular weight is 570 g/mol. The van der Waals surface area contributed by atoms with E-state index < -0.39 is 59.6 Å². The minimum Gasteiger partial charge on any atom is -0.387 e. The fraction of sp³-hybridized carbons (Fsp3) is 0.364. The predicted octanol–water partition coefficient (Wildman–Crippen LogP) is 0.625. The van der Waals surface area contributed by atoms with Gasteiger partial charge in [0.2, 0.25) is 0 Å². The summed E-state index contributed by atoms with van der Waals surface area (Å²) < 4.78 is 16.6. The van der Waals surface area contributed by atoms with Crippen LogP contribution >= 0.6 is 17.2 Å². The van der Waals surface area contributed by atoms with E-state index in [1.165, 1.54) is 0 Å². The molecule has 5 unspecified atom stereocenters. The van der Waals surface area contributed by atoms with E-state index in [0.29, 0.717) is 5.69 Å². The number of aliphatic hydroxyl groups excluding tert-OH is 2. The summed E-state index contributed by atoms with van der Waals surface area (Å²) in [5.41, 5.74) is 0.630. The largest absolute Gasteiger partial charge is 0.387 e. The van der Waals surface area contributed by atoms with Gasteiger partial charge in [-0.25, -0.2) is 9.11 Å². The first-order chi connectivity index (χ1) is 18.2. The molecular formula is C22H28N4O10P2. The Balaban J connectivity index is 0.00000195. The fourth-order valence-electron chi connectivity index (χ4n) is 3.63. The molecule has 0 aliphatic carbocycles. The van der Waals surface area contributed by atoms with E-state index >= 15 is 0 Å². The third kappa shape index (κ3) is 7.33. The fourth-order valence-corrected chi connectivity index (χ4v) is 4.59. The van der Waals surface area contributed by atoms with Gasteiger partial charge in [0, 0.05) is 36.4 Å². The monoisotopic (exact) mass is 570 g/mol. The Morgan fingerprint density at radius 2 is 1.82 bits per heavy atom. The zero-order chi connectivity index (χ0) is 27.8. The highest BCUT2D eigenvalue weighted by Gasteiger charge is 2.44. The molecule has 38 heavy (non-hydrogen) atoms. The molecule has 5 N–H and O–H groups in total. The van der Waals surface area contributed by atoms with Crippen molar-refractivity contribution in [3.63, 3.8) is 0 Å². The van der Waals surface area contributed by atoms with Gasteiger partial charge >= 0.3 is 22.9 Å². The van der Waals surface area contributed by atoms with Crippen molar-refractivity contribution >= 4 is 17.2 Å². The first-order valence-corrected chi connectivity index (χ1v) is 13.7. The SMILES string of the molecule is CC.O=c1ccn(C2OC(COP(O)OP(O)O)C(O)C2O)c(=O)n1Cc1cc(-c2cccnc2)ccn1. The van der Waals surface area contributed by atoms with E-state index in [9.17, 15) is 24.7 Å². The van der Waals surface area contributed by atoms with Crippen LogP contribution in [0.1, 0.15) is 25.8 Å². The molecule has 14 nitrogen and oxygen atoms in total. The molecule has 1 aliphatic rings. The van der Waals surface area contributed by atoms with E-state index in [0.717, 1.165) is 32.5 Å². The van der Waals surface area contributed by atoms with E-state index in [2.05, 4.69) is 14.3 Å². The Morgan fingerprint density at radius 1 is 1.05 bits per heavy atom. The summed E-state index contributed by atoms with van der Waals surface area (Å²) in [4.78, 5) is 60.9. The highest BCUT2D eigenvalue weighted by Crippen LogP contribution is 2.46. The maximum absolute atomic E-state index is 13.2. The number of nitrogens with zero attached hydrogens (tertiary/aromatic N) is 4. The molecule has 0 amide bonds. The summed E-state index contributed by atoms with van der Waals surface area (Å²) in [5, 5.41) is 20.8. The van der Waals surface area contributed by atoms with Gasteiger partial charge in [0.15, 0.2) is 6.23 Å². The van der Waals surface area contributed by atoms with Crippen LogP contribution in [0.2, 0.25) is 0 Å². The minimum absolute atomic E-state index is 0.165. The standard InChI is InChI=1S/C20H22N4O10P2.C2H6/c25-16-4-7-23(19-18(27)17(26)15(33-19)11-32-36(31)34-35(29)30)20(28)24(16)10-14-8-12(3-6-22-14)13-2-1-5-21-9-13;1-2/h1-9,15,17-19,26-27,29-31H,10-11H2;1-2H3. The van der Waals surface area contributed by atoms with Gasteiger partial charge in [0.25, 0.3) is 5.56 Å². The van der Waals surface area contributed by atoms with Crippen molar-refractivity contribution in [2.45, 2.75) is 44.9 Å². The number of aliphatic hydroxyl groups is 2. The number of rotatable bonds is 9. The number of aromatic nitrogens is 4. The summed E-state index contributed by atoms with van der Waals surface area (Å²) in [7, 11) is -5.53. The molecule has 4 rings (SSSR count). The lowest BCUT2D eigenvalue weighted by Gasteiger charge is -2.19. The van der Waals surface area contributed by atoms with Crippen molar-refractivity contribution in [1.82, 2.24) is 19.1 Å². The van der Waals surface area contributed by atoms with E-state index in [4.69, 9.17) is 19.0 Å². The van der Waals surface area contributed by atoms with Crippen LogP contribution in [0.15, 0.2) is 64.7 Å². The van der Waals surface area contributed by atoms with Gasteiger partial charge in [0.1, 0.15) is 18.3 Å². The number of hydrogen-bond acceptors (Lipinski definition) is 12. The van der Waals surface area contributed by atoms with Crippen molar-refractivity contribution < 1.29 is 38.5 Å². The topological polar surface area (TPSA) is 199 Å². The molecule has 3 aromatic rings. The van der Waals surface area contributed by atoms with Crippen LogP contribution in [0, 0.1) is 0 Å². The smallest absolute Gasteiger partial charge is 0.337 e. The lowest BCUT2D eigenvalue weighted by molar-refractivity contribution is -0.0530. The molecule has 16 heteroatoms. The Kier molecular flexibility index (Phi) is 11.1. The van der Waals surface area contributed by atoms with Gasteiger partial charge in [-0.05, 0) is 23.8 Å². The van der Waals surface area contributed by atoms with Crippen LogP contribution in [0.25, 0.3) is 11.1 Å². The molecule has 0 radical (unpaired) electrons. The lowest BCUT2D eigenvalue weighted by atomic mass is 10.1. The van der Waals surface area contributed by atoms with Crippen molar-refractivity contribution in [2.75, 3.05) is 6.61 Å². The Bertz CT molecular complexity index is 1290. The second-order valence-corrected chi connectivity index (χ2v) is 9.51. The third-order valence-electron chi connectivity index (χ3n) is 5.33. The Morgan fingerprint density at radius 3 is 2.50 bits per heavy atom. The number of hydrogen-bond donors (Lipinski definition) is 5. The van der Waals surface area contributed by atoms with Crippen molar-refractivity contribution in [1.29, 1.82) is 0 Å². The zero-order valence-electron chi connectivity index (χ0n) is 20.4. The quantitative estimate of drug-likeness (QED) is 0.225. The summed E-state index contributed by atoms with van der Waals surface area (Å²) in [5.74, 6) is 0. The van der Waals surface area contributed by atoms with Crippen molar-refractivity contribution in [3.8, 4) is 11.1 Å². The molecule has 1 fully saturated rings. The lowest BCUT2D eigenvalue weighted by Crippen LogP contribution is -2.43. The van der Waals surface area contributed by atoms with Gasteiger partial charge in [-0.15, -0.1) is 0 Å². The minimum atomic E-state index is -2.86. The van der Waals surface area contributed by atoms with Gasteiger partial charge < -0.3 is 34.2 Å². The van der Waals surface area contributed by atoms with Gasteiger partial charge in [-0.1, -0.05) is 19.9 Å². The second kappa shape index (κ2) is 14.1. The molecule has 5 atom stereocenters. The normalized spacial score (nSPS) is 21.7. The van der Waals surface area contributed by atoms with Gasteiger partial charge in [-0.2, -0.15) is 0 Å². The van der Waals surface area contributed by atoms with Crippen LogP contribution in [0.5, 0.6) is 0 Å². The molecule has 0 spiro atoms. The summed E-state index contributed by atoms with van der Waals surface area (Å²) >= 11 is 0. The molecule has 206 valence electrons. The van der Waals surface area contributed by atoms with Crippen molar-refractivity contribution in [3.05, 3.63) is 81.7 Å². The third-order valence-corrected chi connectivity index (χ3v) is 6.84. The zero-order valence-corrected chi connectivity index (χ0v) is 22.2.